The summed E-state index contributed by atoms with van der Waals surface area (Å²) in [6, 6.07) is 31.4. The van der Waals surface area contributed by atoms with Gasteiger partial charge in [0.2, 0.25) is 0 Å². The van der Waals surface area contributed by atoms with Crippen LogP contribution in [0.3, 0.4) is 0 Å². The molecule has 8 aliphatic rings. The highest BCUT2D eigenvalue weighted by molar-refractivity contribution is 6.39. The van der Waals surface area contributed by atoms with Crippen molar-refractivity contribution in [1.82, 2.24) is 25.3 Å². The molecule has 28 heteroatoms. The van der Waals surface area contributed by atoms with Gasteiger partial charge in [0, 0.05) is 295 Å². The summed E-state index contributed by atoms with van der Waals surface area (Å²) in [7, 11) is 0. The third kappa shape index (κ3) is 28.2. The summed E-state index contributed by atoms with van der Waals surface area (Å²) < 4.78 is 27.1. The summed E-state index contributed by atoms with van der Waals surface area (Å²) in [4.78, 5) is 68.3. The zero-order chi connectivity index (χ0) is 86.9. The number of ketones is 4. The van der Waals surface area contributed by atoms with Crippen LogP contribution >= 0.6 is 92.8 Å². The van der Waals surface area contributed by atoms with Crippen LogP contribution in [0.4, 0.5) is 22.7 Å². The summed E-state index contributed by atoms with van der Waals surface area (Å²) >= 11 is 52.0. The molecule has 9 N–H and O–H groups in total. The van der Waals surface area contributed by atoms with Crippen LogP contribution in [0, 0.1) is 47.3 Å². The molecule has 4 aromatic carbocycles. The number of rotatable bonds is 28. The van der Waals surface area contributed by atoms with E-state index in [2.05, 4.69) is 46.5 Å². The van der Waals surface area contributed by atoms with Crippen LogP contribution in [0.1, 0.15) is 138 Å². The number of nitrogens with one attached hydrogen (secondary N) is 5. The number of Topliss-reactive ketones (excluding diaryl/α,β-unsaturated/α-hetero) is 4. The van der Waals surface area contributed by atoms with Gasteiger partial charge in [0.25, 0.3) is 0 Å². The lowest BCUT2D eigenvalue weighted by Gasteiger charge is -2.23. The zero-order valence-electron chi connectivity index (χ0n) is 70.3. The monoisotopic (exact) mass is 1850 g/mol. The van der Waals surface area contributed by atoms with Crippen LogP contribution in [0.2, 0.25) is 40.2 Å². The van der Waals surface area contributed by atoms with Gasteiger partial charge in [0.1, 0.15) is 23.1 Å². The number of hydrogen-bond donors (Lipinski definition) is 7. The molecule has 5 atom stereocenters. The fourth-order valence-electron chi connectivity index (χ4n) is 17.4. The number of benzene rings is 4. The molecule has 10 heterocycles. The van der Waals surface area contributed by atoms with Gasteiger partial charge in [-0.2, -0.15) is 0 Å². The first-order valence-corrected chi connectivity index (χ1v) is 47.2. The van der Waals surface area contributed by atoms with Crippen LogP contribution in [0.5, 0.6) is 0 Å². The van der Waals surface area contributed by atoms with Crippen molar-refractivity contribution in [1.29, 1.82) is 0 Å². The van der Waals surface area contributed by atoms with Gasteiger partial charge >= 0.3 is 0 Å². The maximum atomic E-state index is 12.7. The molecular formula is C96H115Cl8N11O9. The largest absolute Gasteiger partial charge is 0.385 e. The fourth-order valence-corrected chi connectivity index (χ4v) is 19.1. The number of anilines is 4. The normalized spacial score (nSPS) is 20.5. The molecule has 0 radical (unpaired) electrons. The first kappa shape index (κ1) is 95.0. The second kappa shape index (κ2) is 48.1. The summed E-state index contributed by atoms with van der Waals surface area (Å²) in [6.07, 6.45) is 24.9. The summed E-state index contributed by atoms with van der Waals surface area (Å²) in [6.45, 7) is 13.3. The minimum Gasteiger partial charge on any atom is -0.385 e. The number of halogens is 8. The van der Waals surface area contributed by atoms with E-state index in [1.165, 1.54) is 0 Å². The molecule has 6 saturated heterocycles. The van der Waals surface area contributed by atoms with E-state index in [1.54, 1.807) is 24.8 Å². The van der Waals surface area contributed by atoms with Crippen molar-refractivity contribution in [3.8, 4) is 44.5 Å². The molecule has 0 spiro atoms. The Morgan fingerprint density at radius 1 is 0.315 bits per heavy atom. The number of carbonyl (C=O) groups is 4. The Morgan fingerprint density at radius 2 is 0.573 bits per heavy atom. The summed E-state index contributed by atoms with van der Waals surface area (Å²) in [5, 5.41) is 21.9. The molecule has 6 aliphatic heterocycles. The van der Waals surface area contributed by atoms with Crippen LogP contribution in [0.25, 0.3) is 44.5 Å². The maximum Gasteiger partial charge on any atom is 0.143 e. The Labute approximate surface area is 769 Å². The van der Waals surface area contributed by atoms with Gasteiger partial charge < -0.3 is 61.7 Å². The third-order valence-corrected chi connectivity index (χ3v) is 27.6. The minimum absolute atomic E-state index is 0.0391. The number of aromatic nitrogens is 4. The Bertz CT molecular complexity index is 4310. The molecule has 20 nitrogen and oxygen atoms in total. The zero-order valence-corrected chi connectivity index (χ0v) is 76.4. The molecule has 2 saturated carbocycles. The average molecular weight is 1850 g/mol. The summed E-state index contributed by atoms with van der Waals surface area (Å²) in [5.41, 5.74) is 25.3. The van der Waals surface area contributed by atoms with Crippen molar-refractivity contribution >= 4 is 139 Å². The topological polar surface area (TPSA) is 278 Å². The molecule has 4 aromatic heterocycles. The van der Waals surface area contributed by atoms with Crippen molar-refractivity contribution in [2.45, 2.75) is 153 Å². The van der Waals surface area contributed by atoms with Crippen molar-refractivity contribution in [2.24, 2.45) is 58.8 Å². The molecule has 124 heavy (non-hydrogen) atoms. The van der Waals surface area contributed by atoms with Gasteiger partial charge in [-0.25, -0.2) is 0 Å². The number of piperidine rings is 1. The second-order valence-corrected chi connectivity index (χ2v) is 37.4. The van der Waals surface area contributed by atoms with E-state index in [4.69, 9.17) is 128 Å². The quantitative estimate of drug-likeness (QED) is 0.0240. The molecule has 0 unspecified atom stereocenters. The van der Waals surface area contributed by atoms with Crippen LogP contribution in [-0.4, -0.2) is 160 Å². The van der Waals surface area contributed by atoms with E-state index >= 15 is 0 Å². The Hall–Kier alpha value is -6.64. The molecule has 0 amide bonds. The Morgan fingerprint density at radius 3 is 0.831 bits per heavy atom. The van der Waals surface area contributed by atoms with Gasteiger partial charge in [-0.3, -0.25) is 39.1 Å². The molecule has 8 aromatic rings. The van der Waals surface area contributed by atoms with Gasteiger partial charge in [0.05, 0.1) is 20.1 Å². The lowest BCUT2D eigenvalue weighted by atomic mass is 9.92. The predicted molar refractivity (Wildman–Crippen MR) is 502 cm³/mol. The predicted octanol–water partition coefficient (Wildman–Crippen LogP) is 20.7. The van der Waals surface area contributed by atoms with E-state index in [0.717, 1.165) is 281 Å². The number of nitrogens with two attached hydrogens (primary N) is 2. The van der Waals surface area contributed by atoms with E-state index in [9.17, 15) is 19.2 Å². The number of pyridine rings is 4. The standard InChI is InChI=1S/3C24H29Cl2N3O2.C24H28Cl2N2O3/c2*25-22-4-3-18(28-13-15-5-7-31-8-6-15)10-20(22)21-11-19(29-14-23(21)26)12-24(30)16-1-2-17(27)9-16;25-22-4-3-18(28-13-16-5-8-31-9-6-16)10-20(22)21-11-19(29-15-23(21)26)12-24(30)17-2-1-7-27-14-17;25-22-2-1-18(27-14-16-3-7-30-8-4-16)11-20(22)21-12-19(28-15-23(21)26)13-24(29)17-5-9-31-10-6-17/h2*3-4,10-11,14-17,28H,1-2,5-9,12-13,27H2;3-4,10-11,15-17,27-28H,1-2,5-9,12-14H2;1-2,11-12,15-17,27H,3-10,13-14H2/t2*16-,17+;17-;/m100./s1. The number of carbonyl (C=O) groups excluding carboxylic acids is 4. The number of ether oxygens (including phenoxy) is 5. The van der Waals surface area contributed by atoms with Crippen molar-refractivity contribution < 1.29 is 42.9 Å². The fraction of sp³-hybridized carbons (Fsp3) is 0.500. The average Bonchev–Trinajstić information content (AvgIpc) is 1.08. The molecule has 16 rings (SSSR count). The maximum absolute atomic E-state index is 12.7. The van der Waals surface area contributed by atoms with Gasteiger partial charge in [-0.15, -0.1) is 0 Å². The second-order valence-electron chi connectivity index (χ2n) is 34.2. The molecule has 2 aliphatic carbocycles. The number of hydrogen-bond acceptors (Lipinski definition) is 20. The van der Waals surface area contributed by atoms with Crippen LogP contribution in [0.15, 0.2) is 122 Å². The summed E-state index contributed by atoms with van der Waals surface area (Å²) in [5.74, 6) is 3.48. The minimum atomic E-state index is 0.0391. The van der Waals surface area contributed by atoms with Crippen molar-refractivity contribution in [3.63, 3.8) is 0 Å². The van der Waals surface area contributed by atoms with Gasteiger partial charge in [-0.05, 0) is 243 Å². The Balaban J connectivity index is 0.000000142. The number of nitrogens with zero attached hydrogens (tertiary/aromatic N) is 4. The lowest BCUT2D eigenvalue weighted by Crippen LogP contribution is -2.35. The smallest absolute Gasteiger partial charge is 0.143 e. The first-order valence-electron chi connectivity index (χ1n) is 44.1. The van der Waals surface area contributed by atoms with E-state index in [-0.39, 0.29) is 58.9 Å². The third-order valence-electron chi connectivity index (χ3n) is 25.1. The molecule has 664 valence electrons. The SMILES string of the molecule is N[C@@H]1CC[C@H](C(=O)Cc2cc(-c3cc(NCC4CCOCC4)ccc3Cl)c(Cl)cn2)C1.N[C@H]1CC[C@@H](C(=O)Cc2cc(-c3cc(NCC4CCOCC4)ccc3Cl)c(Cl)cn2)C1.O=C(Cc1cc(-c2cc(NCC3CCOCC3)ccc2Cl)c(Cl)cn1)C1CCOCC1.O=C(Cc1cc(-c2cc(NCC3CCOCC3)ccc2Cl)c(Cl)cn1)[C@H]1CCCNC1. The molecule has 0 bridgehead atoms. The lowest BCUT2D eigenvalue weighted by molar-refractivity contribution is -0.125. The van der Waals surface area contributed by atoms with Crippen LogP contribution in [-0.2, 0) is 68.5 Å². The van der Waals surface area contributed by atoms with Crippen molar-refractivity contribution in [2.75, 3.05) is 127 Å². The molecule has 8 fully saturated rings. The van der Waals surface area contributed by atoms with Crippen molar-refractivity contribution in [3.05, 3.63) is 185 Å². The van der Waals surface area contributed by atoms with Gasteiger partial charge in [0.15, 0.2) is 0 Å². The first-order chi connectivity index (χ1) is 60.2. The van der Waals surface area contributed by atoms with Gasteiger partial charge in [-0.1, -0.05) is 92.8 Å². The highest BCUT2D eigenvalue weighted by atomic mass is 35.5. The Kier molecular flexibility index (Phi) is 36.9. The van der Waals surface area contributed by atoms with E-state index in [1.807, 2.05) is 97.1 Å². The highest BCUT2D eigenvalue weighted by Crippen LogP contribution is 2.42. The van der Waals surface area contributed by atoms with Crippen LogP contribution < -0.4 is 38.1 Å². The van der Waals surface area contributed by atoms with E-state index in [0.29, 0.717) is 120 Å². The molecular weight excluding hydrogens is 1730 g/mol. The highest BCUT2D eigenvalue weighted by Gasteiger charge is 2.32. The van der Waals surface area contributed by atoms with E-state index < -0.39 is 0 Å².